The molecule has 2 aliphatic rings. The zero-order valence-corrected chi connectivity index (χ0v) is 23.5. The van der Waals surface area contributed by atoms with E-state index < -0.39 is 59.1 Å². The smallest absolute Gasteiger partial charge is 0.526 e. The van der Waals surface area contributed by atoms with Crippen LogP contribution in [0.1, 0.15) is 47.3 Å². The third-order valence-electron chi connectivity index (χ3n) is 7.27. The van der Waals surface area contributed by atoms with Gasteiger partial charge in [0.25, 0.3) is 0 Å². The van der Waals surface area contributed by atoms with Crippen LogP contribution in [0.15, 0.2) is 30.3 Å². The number of carbonyl (C=O) groups excluding carboxylic acids is 5. The van der Waals surface area contributed by atoms with Crippen molar-refractivity contribution in [2.45, 2.75) is 38.0 Å². The van der Waals surface area contributed by atoms with Gasteiger partial charge in [-0.3, -0.25) is 24.1 Å². The van der Waals surface area contributed by atoms with Gasteiger partial charge < -0.3 is 35.8 Å². The van der Waals surface area contributed by atoms with Crippen LogP contribution in [0, 0.1) is 0 Å². The van der Waals surface area contributed by atoms with E-state index in [1.165, 1.54) is 17.9 Å². The van der Waals surface area contributed by atoms with Crippen molar-refractivity contribution in [3.63, 3.8) is 0 Å². The Bertz CT molecular complexity index is 1440. The van der Waals surface area contributed by atoms with E-state index in [1.54, 1.807) is 18.2 Å². The Kier molecular flexibility index (Phi) is 9.39. The second-order valence-electron chi connectivity index (χ2n) is 10.1. The van der Waals surface area contributed by atoms with E-state index in [-0.39, 0.29) is 55.1 Å². The summed E-state index contributed by atoms with van der Waals surface area (Å²) in [5.74, 6) is -4.77. The quantitative estimate of drug-likeness (QED) is 0.120. The Hall–Kier alpha value is -4.14. The number of nitrogens with two attached hydrogens (primary N) is 1. The Morgan fingerprint density at radius 2 is 1.90 bits per heavy atom. The molecule has 0 unspecified atom stereocenters. The summed E-state index contributed by atoms with van der Waals surface area (Å²) in [5.41, 5.74) is 6.28. The molecule has 1 saturated heterocycles. The predicted molar refractivity (Wildman–Crippen MR) is 150 cm³/mol. The summed E-state index contributed by atoms with van der Waals surface area (Å²) in [6.45, 7) is 1.87. The molecule has 2 aromatic carbocycles. The number of phenols is 2. The lowest BCUT2D eigenvalue weighted by molar-refractivity contribution is -0.153. The van der Waals surface area contributed by atoms with Crippen molar-refractivity contribution in [2.75, 3.05) is 26.2 Å². The number of nitrogens with one attached hydrogen (secondary N) is 1. The number of amides is 4. The number of hydrogen-bond acceptors (Lipinski definition) is 10. The van der Waals surface area contributed by atoms with Crippen molar-refractivity contribution in [1.82, 2.24) is 15.1 Å². The number of rotatable bonds is 9. The summed E-state index contributed by atoms with van der Waals surface area (Å²) in [4.78, 5) is 66.2. The van der Waals surface area contributed by atoms with Gasteiger partial charge in [0.05, 0.1) is 10.6 Å². The van der Waals surface area contributed by atoms with Gasteiger partial charge in [-0.25, -0.2) is 4.79 Å². The number of halogens is 1. The molecule has 0 radical (unpaired) electrons. The number of aromatic hydroxyl groups is 2. The van der Waals surface area contributed by atoms with Crippen LogP contribution < -0.4 is 15.7 Å². The van der Waals surface area contributed by atoms with Crippen molar-refractivity contribution in [1.29, 1.82) is 0 Å². The lowest BCUT2D eigenvalue weighted by Crippen LogP contribution is -2.59. The van der Waals surface area contributed by atoms with E-state index in [9.17, 15) is 39.2 Å². The van der Waals surface area contributed by atoms with Crippen LogP contribution in [-0.4, -0.2) is 87.7 Å². The number of hydrogen-bond donors (Lipinski definition) is 5. The number of phenolic OH excluding ortho intramolecular Hbond substituents is 2. The second kappa shape index (κ2) is 12.8. The summed E-state index contributed by atoms with van der Waals surface area (Å²) in [5, 5.41) is 32.8. The summed E-state index contributed by atoms with van der Waals surface area (Å²) >= 11 is 6.24. The number of carbonyl (C=O) groups is 5. The molecule has 0 aromatic heterocycles. The number of para-hydroxylation sites is 1. The normalized spacial score (nSPS) is 17.4. The van der Waals surface area contributed by atoms with Crippen molar-refractivity contribution >= 4 is 48.1 Å². The Morgan fingerprint density at radius 3 is 2.60 bits per heavy atom. The molecule has 0 bridgehead atoms. The SMILES string of the molecule is CC(=O)c1cccc2c1OB(O)[C@@H](CC(=O)[C@H](NC(=O)N1CCN(CCCN)C(=O)C1=O)c1ccc(O)c(O)c1Cl)C2. The lowest BCUT2D eigenvalue weighted by atomic mass is 9.64. The first-order chi connectivity index (χ1) is 19.9. The molecule has 0 spiro atoms. The molecular weight excluding hydrogens is 571 g/mol. The predicted octanol–water partition coefficient (Wildman–Crippen LogP) is 1.17. The average Bonchev–Trinajstić information content (AvgIpc) is 2.95. The fourth-order valence-corrected chi connectivity index (χ4v) is 5.27. The number of ketones is 2. The van der Waals surface area contributed by atoms with E-state index in [4.69, 9.17) is 22.0 Å². The number of fused-ring (bicyclic) bond motifs is 1. The highest BCUT2D eigenvalue weighted by atomic mass is 35.5. The zero-order valence-electron chi connectivity index (χ0n) is 22.7. The molecule has 2 atom stereocenters. The van der Waals surface area contributed by atoms with Crippen molar-refractivity contribution in [3.05, 3.63) is 52.0 Å². The molecule has 4 rings (SSSR count). The molecule has 0 aliphatic carbocycles. The van der Waals surface area contributed by atoms with Crippen LogP contribution in [0.2, 0.25) is 10.8 Å². The van der Waals surface area contributed by atoms with Gasteiger partial charge in [-0.1, -0.05) is 29.8 Å². The number of urea groups is 1. The van der Waals surface area contributed by atoms with Gasteiger partial charge in [0.15, 0.2) is 23.1 Å². The van der Waals surface area contributed by atoms with Gasteiger partial charge in [0.1, 0.15) is 11.8 Å². The van der Waals surface area contributed by atoms with Crippen LogP contribution in [0.4, 0.5) is 4.79 Å². The van der Waals surface area contributed by atoms with Crippen LogP contribution >= 0.6 is 11.6 Å². The fourth-order valence-electron chi connectivity index (χ4n) is 5.00. The summed E-state index contributed by atoms with van der Waals surface area (Å²) in [7, 11) is -1.47. The Labute approximate surface area is 246 Å². The summed E-state index contributed by atoms with van der Waals surface area (Å²) in [6, 6.07) is 4.62. The molecule has 42 heavy (non-hydrogen) atoms. The first-order valence-electron chi connectivity index (χ1n) is 13.3. The minimum atomic E-state index is -1.55. The summed E-state index contributed by atoms with van der Waals surface area (Å²) in [6.07, 6.45) is 0.284. The molecule has 2 heterocycles. The third kappa shape index (κ3) is 6.20. The topological polar surface area (TPSA) is 200 Å². The van der Waals surface area contributed by atoms with Crippen molar-refractivity contribution in [2.24, 2.45) is 5.73 Å². The first-order valence-corrected chi connectivity index (χ1v) is 13.6. The number of piperazine rings is 1. The van der Waals surface area contributed by atoms with Crippen LogP contribution in [-0.2, 0) is 20.8 Å². The van der Waals surface area contributed by atoms with E-state index in [0.717, 1.165) is 6.07 Å². The van der Waals surface area contributed by atoms with Crippen LogP contribution in [0.3, 0.4) is 0 Å². The lowest BCUT2D eigenvalue weighted by Gasteiger charge is -2.33. The fraction of sp³-hybridized carbons (Fsp3) is 0.370. The van der Waals surface area contributed by atoms with Crippen LogP contribution in [0.25, 0.3) is 0 Å². The standard InChI is InChI=1S/C27H30BClN4O9/c1-14(34)17-5-2-4-15-12-16(28(41)42-24(15)17)13-20(36)22(18-6-7-19(35)23(37)21(18)29)31-27(40)33-11-10-32(9-3-8-30)25(38)26(33)39/h2,4-7,16,22,35,37,41H,3,8-13,30H2,1H3,(H,31,40)/t16-,22-/m1/s1. The number of imide groups is 1. The highest BCUT2D eigenvalue weighted by Gasteiger charge is 2.41. The second-order valence-corrected chi connectivity index (χ2v) is 10.5. The minimum absolute atomic E-state index is 0.0740. The largest absolute Gasteiger partial charge is 0.535 e. The minimum Gasteiger partial charge on any atom is -0.535 e. The monoisotopic (exact) mass is 600 g/mol. The number of nitrogens with zero attached hydrogens (tertiary/aromatic N) is 2. The zero-order chi connectivity index (χ0) is 30.7. The molecule has 1 fully saturated rings. The molecular formula is C27H30BClN4O9. The molecule has 15 heteroatoms. The van der Waals surface area contributed by atoms with E-state index in [2.05, 4.69) is 5.32 Å². The molecule has 2 aromatic rings. The number of Topliss-reactive ketones (excluding diaryl/α,β-unsaturated/α-hetero) is 2. The molecule has 13 nitrogen and oxygen atoms in total. The third-order valence-corrected chi connectivity index (χ3v) is 7.67. The Morgan fingerprint density at radius 1 is 1.17 bits per heavy atom. The molecule has 6 N–H and O–H groups in total. The van der Waals surface area contributed by atoms with Gasteiger partial charge >= 0.3 is 25.0 Å². The maximum atomic E-state index is 13.7. The highest BCUT2D eigenvalue weighted by molar-refractivity contribution is 6.47. The first kappa shape index (κ1) is 30.8. The van der Waals surface area contributed by atoms with Gasteiger partial charge in [-0.2, -0.15) is 0 Å². The maximum absolute atomic E-state index is 13.7. The highest BCUT2D eigenvalue weighted by Crippen LogP contribution is 2.41. The van der Waals surface area contributed by atoms with Gasteiger partial charge in [-0.15, -0.1) is 0 Å². The average molecular weight is 601 g/mol. The Balaban J connectivity index is 1.58. The van der Waals surface area contributed by atoms with Gasteiger partial charge in [-0.05, 0) is 44.0 Å². The van der Waals surface area contributed by atoms with E-state index in [1.807, 2.05) is 0 Å². The van der Waals surface area contributed by atoms with Crippen molar-refractivity contribution in [3.8, 4) is 17.2 Å². The van der Waals surface area contributed by atoms with Gasteiger partial charge in [0, 0.05) is 37.4 Å². The molecule has 222 valence electrons. The molecule has 0 saturated carbocycles. The van der Waals surface area contributed by atoms with Gasteiger partial charge in [0.2, 0.25) is 0 Å². The molecule has 4 amide bonds. The maximum Gasteiger partial charge on any atom is 0.526 e. The number of benzene rings is 2. The summed E-state index contributed by atoms with van der Waals surface area (Å²) < 4.78 is 5.62. The van der Waals surface area contributed by atoms with E-state index >= 15 is 0 Å². The van der Waals surface area contributed by atoms with Crippen LogP contribution in [0.5, 0.6) is 17.2 Å². The van der Waals surface area contributed by atoms with E-state index in [0.29, 0.717) is 23.4 Å². The molecule has 2 aliphatic heterocycles. The van der Waals surface area contributed by atoms with Crippen molar-refractivity contribution < 1.29 is 43.9 Å².